The SMILES string of the molecule is CCC12CC=CCC1C(=O)OC2. The van der Waals surface area contributed by atoms with Gasteiger partial charge in [-0.05, 0) is 19.3 Å². The molecule has 1 aliphatic carbocycles. The largest absolute Gasteiger partial charge is 0.465 e. The third kappa shape index (κ3) is 0.904. The van der Waals surface area contributed by atoms with Crippen LogP contribution in [0.25, 0.3) is 0 Å². The number of cyclic esters (lactones) is 1. The first-order valence-electron chi connectivity index (χ1n) is 4.60. The van der Waals surface area contributed by atoms with Crippen LogP contribution in [0.15, 0.2) is 12.2 Å². The lowest BCUT2D eigenvalue weighted by molar-refractivity contribution is -0.141. The molecule has 2 atom stereocenters. The molecule has 0 aromatic carbocycles. The van der Waals surface area contributed by atoms with Gasteiger partial charge in [0, 0.05) is 5.41 Å². The van der Waals surface area contributed by atoms with Crippen molar-refractivity contribution in [1.29, 1.82) is 0 Å². The van der Waals surface area contributed by atoms with Crippen LogP contribution in [-0.4, -0.2) is 12.6 Å². The lowest BCUT2D eigenvalue weighted by Gasteiger charge is -2.31. The number of ether oxygens (including phenoxy) is 1. The van der Waals surface area contributed by atoms with E-state index in [2.05, 4.69) is 19.1 Å². The van der Waals surface area contributed by atoms with Crippen molar-refractivity contribution in [2.24, 2.45) is 11.3 Å². The average Bonchev–Trinajstić information content (AvgIpc) is 2.46. The van der Waals surface area contributed by atoms with Crippen LogP contribution in [0.1, 0.15) is 26.2 Å². The Morgan fingerprint density at radius 1 is 1.67 bits per heavy atom. The summed E-state index contributed by atoms with van der Waals surface area (Å²) in [6.07, 6.45) is 7.23. The molecule has 2 nitrogen and oxygen atoms in total. The second kappa shape index (κ2) is 2.61. The molecule has 0 aromatic heterocycles. The lowest BCUT2D eigenvalue weighted by Crippen LogP contribution is -2.31. The molecule has 1 saturated heterocycles. The van der Waals surface area contributed by atoms with Crippen LogP contribution in [0, 0.1) is 11.3 Å². The Hall–Kier alpha value is -0.790. The average molecular weight is 166 g/mol. The van der Waals surface area contributed by atoms with Crippen LogP contribution in [0.5, 0.6) is 0 Å². The molecule has 12 heavy (non-hydrogen) atoms. The molecule has 1 heterocycles. The van der Waals surface area contributed by atoms with Crippen LogP contribution in [0.2, 0.25) is 0 Å². The van der Waals surface area contributed by atoms with E-state index in [-0.39, 0.29) is 17.3 Å². The molecular weight excluding hydrogens is 152 g/mol. The highest BCUT2D eigenvalue weighted by molar-refractivity contribution is 5.76. The zero-order valence-electron chi connectivity index (χ0n) is 7.38. The summed E-state index contributed by atoms with van der Waals surface area (Å²) in [6, 6.07) is 0. The Labute approximate surface area is 72.6 Å². The number of carbonyl (C=O) groups excluding carboxylic acids is 1. The van der Waals surface area contributed by atoms with Crippen LogP contribution in [0.4, 0.5) is 0 Å². The summed E-state index contributed by atoms with van der Waals surface area (Å²) in [6.45, 7) is 2.78. The monoisotopic (exact) mass is 166 g/mol. The summed E-state index contributed by atoms with van der Waals surface area (Å²) < 4.78 is 5.12. The third-order valence-corrected chi connectivity index (χ3v) is 3.29. The van der Waals surface area contributed by atoms with E-state index in [1.807, 2.05) is 0 Å². The van der Waals surface area contributed by atoms with Crippen molar-refractivity contribution < 1.29 is 9.53 Å². The van der Waals surface area contributed by atoms with Crippen molar-refractivity contribution in [3.8, 4) is 0 Å². The summed E-state index contributed by atoms with van der Waals surface area (Å²) >= 11 is 0. The molecule has 0 radical (unpaired) electrons. The molecule has 2 aliphatic rings. The Balaban J connectivity index is 2.29. The van der Waals surface area contributed by atoms with Crippen LogP contribution >= 0.6 is 0 Å². The van der Waals surface area contributed by atoms with Gasteiger partial charge in [-0.25, -0.2) is 0 Å². The summed E-state index contributed by atoms with van der Waals surface area (Å²) in [7, 11) is 0. The van der Waals surface area contributed by atoms with Crippen molar-refractivity contribution in [1.82, 2.24) is 0 Å². The van der Waals surface area contributed by atoms with Crippen molar-refractivity contribution in [3.63, 3.8) is 0 Å². The summed E-state index contributed by atoms with van der Waals surface area (Å²) in [5.41, 5.74) is 0.145. The van der Waals surface area contributed by atoms with Gasteiger partial charge < -0.3 is 4.74 Å². The fraction of sp³-hybridized carbons (Fsp3) is 0.700. The van der Waals surface area contributed by atoms with E-state index in [0.29, 0.717) is 6.61 Å². The topological polar surface area (TPSA) is 26.3 Å². The number of allylic oxidation sites excluding steroid dienone is 2. The van der Waals surface area contributed by atoms with Gasteiger partial charge in [-0.15, -0.1) is 0 Å². The molecule has 1 aliphatic heterocycles. The van der Waals surface area contributed by atoms with Crippen molar-refractivity contribution >= 4 is 5.97 Å². The second-order valence-corrected chi connectivity index (χ2v) is 3.79. The molecule has 66 valence electrons. The minimum Gasteiger partial charge on any atom is -0.465 e. The first-order valence-corrected chi connectivity index (χ1v) is 4.60. The van der Waals surface area contributed by atoms with Gasteiger partial charge in [0.25, 0.3) is 0 Å². The quantitative estimate of drug-likeness (QED) is 0.439. The molecule has 0 amide bonds. The molecule has 2 rings (SSSR count). The van der Waals surface area contributed by atoms with E-state index in [1.165, 1.54) is 0 Å². The Morgan fingerprint density at radius 2 is 2.50 bits per heavy atom. The van der Waals surface area contributed by atoms with Gasteiger partial charge in [-0.2, -0.15) is 0 Å². The summed E-state index contributed by atoms with van der Waals surface area (Å²) in [5, 5.41) is 0. The highest BCUT2D eigenvalue weighted by atomic mass is 16.5. The first kappa shape index (κ1) is 7.84. The number of esters is 1. The number of carbonyl (C=O) groups is 1. The Bertz CT molecular complexity index is 232. The van der Waals surface area contributed by atoms with Crippen LogP contribution in [-0.2, 0) is 9.53 Å². The minimum atomic E-state index is 0.0150. The molecule has 0 spiro atoms. The fourth-order valence-corrected chi connectivity index (χ4v) is 2.26. The highest BCUT2D eigenvalue weighted by Gasteiger charge is 2.48. The normalized spacial score (nSPS) is 39.4. The maximum atomic E-state index is 11.3. The van der Waals surface area contributed by atoms with Gasteiger partial charge in [-0.1, -0.05) is 19.1 Å². The summed E-state index contributed by atoms with van der Waals surface area (Å²) in [5.74, 6) is 0.161. The molecular formula is C10H14O2. The van der Waals surface area contributed by atoms with Crippen LogP contribution in [0.3, 0.4) is 0 Å². The van der Waals surface area contributed by atoms with E-state index < -0.39 is 0 Å². The number of hydrogen-bond acceptors (Lipinski definition) is 2. The first-order chi connectivity index (χ1) is 5.78. The van der Waals surface area contributed by atoms with Crippen molar-refractivity contribution in [3.05, 3.63) is 12.2 Å². The smallest absolute Gasteiger partial charge is 0.309 e. The van der Waals surface area contributed by atoms with E-state index in [4.69, 9.17) is 4.74 Å². The van der Waals surface area contributed by atoms with Gasteiger partial charge in [0.05, 0.1) is 12.5 Å². The fourth-order valence-electron chi connectivity index (χ4n) is 2.26. The third-order valence-electron chi connectivity index (χ3n) is 3.29. The minimum absolute atomic E-state index is 0.0150. The van der Waals surface area contributed by atoms with Gasteiger partial charge in [-0.3, -0.25) is 4.79 Å². The zero-order valence-corrected chi connectivity index (χ0v) is 7.38. The van der Waals surface area contributed by atoms with Gasteiger partial charge in [0.15, 0.2) is 0 Å². The predicted octanol–water partition coefficient (Wildman–Crippen LogP) is 1.91. The van der Waals surface area contributed by atoms with E-state index in [9.17, 15) is 4.79 Å². The molecule has 1 fully saturated rings. The van der Waals surface area contributed by atoms with Crippen LogP contribution < -0.4 is 0 Å². The highest BCUT2D eigenvalue weighted by Crippen LogP contribution is 2.46. The number of fused-ring (bicyclic) bond motifs is 1. The maximum Gasteiger partial charge on any atom is 0.309 e. The predicted molar refractivity (Wildman–Crippen MR) is 45.5 cm³/mol. The maximum absolute atomic E-state index is 11.3. The molecule has 0 aromatic rings. The Kier molecular flexibility index (Phi) is 1.71. The van der Waals surface area contributed by atoms with E-state index in [0.717, 1.165) is 19.3 Å². The van der Waals surface area contributed by atoms with E-state index >= 15 is 0 Å². The molecule has 2 unspecified atom stereocenters. The second-order valence-electron chi connectivity index (χ2n) is 3.79. The van der Waals surface area contributed by atoms with Crippen molar-refractivity contribution in [2.45, 2.75) is 26.2 Å². The van der Waals surface area contributed by atoms with Gasteiger partial charge in [0.2, 0.25) is 0 Å². The number of hydrogen-bond donors (Lipinski definition) is 0. The molecule has 0 bridgehead atoms. The lowest BCUT2D eigenvalue weighted by atomic mass is 9.69. The van der Waals surface area contributed by atoms with Crippen molar-refractivity contribution in [2.75, 3.05) is 6.61 Å². The molecule has 0 saturated carbocycles. The standard InChI is InChI=1S/C10H14O2/c1-2-10-6-4-3-5-8(10)9(11)12-7-10/h3-4,8H,2,5-7H2,1H3. The summed E-state index contributed by atoms with van der Waals surface area (Å²) in [4.78, 5) is 11.3. The molecule has 2 heteroatoms. The Morgan fingerprint density at radius 3 is 3.17 bits per heavy atom. The molecule has 0 N–H and O–H groups in total. The van der Waals surface area contributed by atoms with E-state index in [1.54, 1.807) is 0 Å². The zero-order chi connectivity index (χ0) is 8.60. The van der Waals surface area contributed by atoms with Gasteiger partial charge >= 0.3 is 5.97 Å². The van der Waals surface area contributed by atoms with Gasteiger partial charge in [0.1, 0.15) is 0 Å². The number of rotatable bonds is 1.